The quantitative estimate of drug-likeness (QED) is 0.812. The summed E-state index contributed by atoms with van der Waals surface area (Å²) in [6.07, 6.45) is 0. The van der Waals surface area contributed by atoms with Crippen molar-refractivity contribution in [3.05, 3.63) is 48.0 Å². The van der Waals surface area contributed by atoms with E-state index in [-0.39, 0.29) is 0 Å². The Morgan fingerprint density at radius 1 is 0.944 bits per heavy atom. The Morgan fingerprint density at radius 3 is 2.11 bits per heavy atom. The normalized spacial score (nSPS) is 11.4. The molecule has 2 aromatic rings. The number of benzene rings is 2. The Labute approximate surface area is 103 Å². The van der Waals surface area contributed by atoms with Gasteiger partial charge in [0.15, 0.2) is 5.41 Å². The Balaban J connectivity index is 2.81. The molecule has 0 aromatic heterocycles. The van der Waals surface area contributed by atoms with Crippen LogP contribution in [0.25, 0.3) is 10.8 Å². The molecule has 0 fully saturated rings. The van der Waals surface area contributed by atoms with Gasteiger partial charge in [0.2, 0.25) is 0 Å². The van der Waals surface area contributed by atoms with Gasteiger partial charge in [0.1, 0.15) is 0 Å². The number of hydrogen-bond donors (Lipinski definition) is 2. The average molecular weight is 244 g/mol. The van der Waals surface area contributed by atoms with Gasteiger partial charge in [0, 0.05) is 0 Å². The highest BCUT2D eigenvalue weighted by Crippen LogP contribution is 2.31. The molecule has 0 aliphatic carbocycles. The van der Waals surface area contributed by atoms with Crippen LogP contribution in [0.3, 0.4) is 0 Å². The monoisotopic (exact) mass is 244 g/mol. The van der Waals surface area contributed by atoms with Crippen LogP contribution in [-0.2, 0) is 15.0 Å². The van der Waals surface area contributed by atoms with E-state index >= 15 is 0 Å². The maximum Gasteiger partial charge on any atom is 0.325 e. The van der Waals surface area contributed by atoms with Crippen molar-refractivity contribution >= 4 is 22.7 Å². The minimum absolute atomic E-state index is 0.292. The third-order valence-corrected chi connectivity index (χ3v) is 3.18. The van der Waals surface area contributed by atoms with Crippen LogP contribution < -0.4 is 0 Å². The van der Waals surface area contributed by atoms with Gasteiger partial charge in [-0.3, -0.25) is 9.59 Å². The summed E-state index contributed by atoms with van der Waals surface area (Å²) in [5, 5.41) is 19.9. The van der Waals surface area contributed by atoms with Crippen molar-refractivity contribution in [2.75, 3.05) is 0 Å². The Bertz CT molecular complexity index is 611. The van der Waals surface area contributed by atoms with E-state index in [2.05, 4.69) is 0 Å². The second-order valence-electron chi connectivity index (χ2n) is 4.26. The van der Waals surface area contributed by atoms with Crippen molar-refractivity contribution < 1.29 is 19.8 Å². The molecule has 0 aliphatic heterocycles. The molecular weight excluding hydrogens is 232 g/mol. The summed E-state index contributed by atoms with van der Waals surface area (Å²) in [5.74, 6) is -2.74. The van der Waals surface area contributed by atoms with Gasteiger partial charge in [-0.2, -0.15) is 0 Å². The molecule has 92 valence electrons. The number of carboxylic acid groups (broad SMARTS) is 2. The number of aliphatic carboxylic acids is 2. The highest BCUT2D eigenvalue weighted by atomic mass is 16.4. The van der Waals surface area contributed by atoms with E-state index in [1.54, 1.807) is 24.3 Å². The number of carboxylic acids is 2. The van der Waals surface area contributed by atoms with Crippen molar-refractivity contribution in [1.82, 2.24) is 0 Å². The van der Waals surface area contributed by atoms with Crippen molar-refractivity contribution in [2.45, 2.75) is 12.3 Å². The molecule has 2 N–H and O–H groups in total. The maximum absolute atomic E-state index is 11.3. The average Bonchev–Trinajstić information content (AvgIpc) is 2.36. The predicted molar refractivity (Wildman–Crippen MR) is 66.6 cm³/mol. The third-order valence-electron chi connectivity index (χ3n) is 3.18. The highest BCUT2D eigenvalue weighted by molar-refractivity contribution is 6.07. The van der Waals surface area contributed by atoms with Crippen LogP contribution in [0.5, 0.6) is 0 Å². The second-order valence-corrected chi connectivity index (χ2v) is 4.26. The first-order valence-electron chi connectivity index (χ1n) is 5.43. The Kier molecular flexibility index (Phi) is 2.79. The zero-order chi connectivity index (χ0) is 13.3. The summed E-state index contributed by atoms with van der Waals surface area (Å²) in [7, 11) is 0. The Hall–Kier alpha value is -2.36. The van der Waals surface area contributed by atoms with E-state index in [0.717, 1.165) is 5.39 Å². The fourth-order valence-corrected chi connectivity index (χ4v) is 1.98. The summed E-state index contributed by atoms with van der Waals surface area (Å²) >= 11 is 0. The zero-order valence-electron chi connectivity index (χ0n) is 9.75. The molecule has 0 saturated carbocycles. The number of rotatable bonds is 3. The maximum atomic E-state index is 11.3. The van der Waals surface area contributed by atoms with E-state index in [1.807, 2.05) is 18.2 Å². The summed E-state index contributed by atoms with van der Waals surface area (Å²) in [5.41, 5.74) is -1.65. The van der Waals surface area contributed by atoms with Crippen molar-refractivity contribution in [2.24, 2.45) is 0 Å². The molecule has 0 saturated heterocycles. The Morgan fingerprint density at radius 2 is 1.50 bits per heavy atom. The smallest absolute Gasteiger partial charge is 0.325 e. The van der Waals surface area contributed by atoms with Crippen LogP contribution in [0.4, 0.5) is 0 Å². The van der Waals surface area contributed by atoms with Gasteiger partial charge in [-0.15, -0.1) is 0 Å². The molecule has 0 heterocycles. The van der Waals surface area contributed by atoms with Crippen LogP contribution in [0.1, 0.15) is 12.5 Å². The molecule has 2 rings (SSSR count). The molecule has 2 aromatic carbocycles. The molecule has 0 radical (unpaired) electrons. The lowest BCUT2D eigenvalue weighted by atomic mass is 9.80. The van der Waals surface area contributed by atoms with Crippen LogP contribution in [0, 0.1) is 0 Å². The molecule has 4 heteroatoms. The van der Waals surface area contributed by atoms with E-state index in [9.17, 15) is 19.8 Å². The molecule has 4 nitrogen and oxygen atoms in total. The third kappa shape index (κ3) is 1.62. The van der Waals surface area contributed by atoms with Gasteiger partial charge >= 0.3 is 11.9 Å². The first kappa shape index (κ1) is 12.1. The van der Waals surface area contributed by atoms with Crippen molar-refractivity contribution in [3.8, 4) is 0 Å². The van der Waals surface area contributed by atoms with Gasteiger partial charge in [0.25, 0.3) is 0 Å². The number of hydrogen-bond acceptors (Lipinski definition) is 2. The summed E-state index contributed by atoms with van der Waals surface area (Å²) < 4.78 is 0. The minimum atomic E-state index is -1.94. The lowest BCUT2D eigenvalue weighted by molar-refractivity contribution is -0.156. The lowest BCUT2D eigenvalue weighted by Crippen LogP contribution is -2.40. The fraction of sp³-hybridized carbons (Fsp3) is 0.143. The topological polar surface area (TPSA) is 74.6 Å². The summed E-state index contributed by atoms with van der Waals surface area (Å²) in [6.45, 7) is 1.21. The molecule has 0 aliphatic rings. The second kappa shape index (κ2) is 4.14. The van der Waals surface area contributed by atoms with Gasteiger partial charge in [0.05, 0.1) is 0 Å². The van der Waals surface area contributed by atoms with Crippen molar-refractivity contribution in [3.63, 3.8) is 0 Å². The number of carbonyl (C=O) groups is 2. The minimum Gasteiger partial charge on any atom is -0.480 e. The fourth-order valence-electron chi connectivity index (χ4n) is 1.98. The molecule has 18 heavy (non-hydrogen) atoms. The molecule has 0 bridgehead atoms. The molecule has 0 amide bonds. The summed E-state index contributed by atoms with van der Waals surface area (Å²) in [4.78, 5) is 22.7. The lowest BCUT2D eigenvalue weighted by Gasteiger charge is -2.21. The predicted octanol–water partition coefficient (Wildman–Crippen LogP) is 2.27. The molecule has 0 atom stereocenters. The zero-order valence-corrected chi connectivity index (χ0v) is 9.75. The van der Waals surface area contributed by atoms with Gasteiger partial charge in [-0.25, -0.2) is 0 Å². The number of fused-ring (bicyclic) bond motifs is 1. The van der Waals surface area contributed by atoms with E-state index in [0.29, 0.717) is 10.9 Å². The van der Waals surface area contributed by atoms with Crippen LogP contribution in [0.15, 0.2) is 42.5 Å². The van der Waals surface area contributed by atoms with E-state index in [4.69, 9.17) is 0 Å². The molecular formula is C14H12O4. The van der Waals surface area contributed by atoms with Crippen LogP contribution in [-0.4, -0.2) is 22.2 Å². The van der Waals surface area contributed by atoms with E-state index < -0.39 is 17.4 Å². The van der Waals surface area contributed by atoms with Gasteiger partial charge in [-0.1, -0.05) is 42.5 Å². The SMILES string of the molecule is CC(C(=O)O)(C(=O)O)c1cccc2ccccc12. The first-order chi connectivity index (χ1) is 8.48. The first-order valence-corrected chi connectivity index (χ1v) is 5.43. The summed E-state index contributed by atoms with van der Waals surface area (Å²) in [6, 6.07) is 12.2. The van der Waals surface area contributed by atoms with Gasteiger partial charge < -0.3 is 10.2 Å². The van der Waals surface area contributed by atoms with E-state index in [1.165, 1.54) is 6.92 Å². The van der Waals surface area contributed by atoms with Crippen molar-refractivity contribution in [1.29, 1.82) is 0 Å². The standard InChI is InChI=1S/C14H12O4/c1-14(12(15)16,13(17)18)11-8-4-6-9-5-2-3-7-10(9)11/h2-8H,1H3,(H,15,16)(H,17,18). The molecule has 0 spiro atoms. The van der Waals surface area contributed by atoms with Gasteiger partial charge in [-0.05, 0) is 23.3 Å². The van der Waals surface area contributed by atoms with Crippen LogP contribution >= 0.6 is 0 Å². The van der Waals surface area contributed by atoms with Crippen LogP contribution in [0.2, 0.25) is 0 Å². The largest absolute Gasteiger partial charge is 0.480 e. The highest BCUT2D eigenvalue weighted by Gasteiger charge is 2.44. The molecule has 0 unspecified atom stereocenters.